The van der Waals surface area contributed by atoms with Gasteiger partial charge in [0, 0.05) is 25.6 Å². The molecule has 1 aliphatic rings. The molecular formula is C17H24N2O3. The van der Waals surface area contributed by atoms with Gasteiger partial charge in [0.2, 0.25) is 11.8 Å². The monoisotopic (exact) mass is 304 g/mol. The number of para-hydroxylation sites is 1. The predicted molar refractivity (Wildman–Crippen MR) is 84.6 cm³/mol. The molecule has 0 bridgehead atoms. The molecular weight excluding hydrogens is 280 g/mol. The summed E-state index contributed by atoms with van der Waals surface area (Å²) in [7, 11) is 3.40. The fraction of sp³-hybridized carbons (Fsp3) is 0.529. The third kappa shape index (κ3) is 3.59. The quantitative estimate of drug-likeness (QED) is 0.838. The second-order valence-corrected chi connectivity index (χ2v) is 5.69. The Morgan fingerprint density at radius 3 is 2.77 bits per heavy atom. The van der Waals surface area contributed by atoms with Gasteiger partial charge >= 0.3 is 0 Å². The molecule has 1 heterocycles. The Morgan fingerprint density at radius 2 is 2.09 bits per heavy atom. The number of rotatable bonds is 5. The molecule has 22 heavy (non-hydrogen) atoms. The number of piperidine rings is 1. The van der Waals surface area contributed by atoms with E-state index in [0.717, 1.165) is 24.2 Å². The topological polar surface area (TPSA) is 49.9 Å². The molecule has 0 N–H and O–H groups in total. The molecule has 1 unspecified atom stereocenters. The Labute approximate surface area is 131 Å². The van der Waals surface area contributed by atoms with Gasteiger partial charge in [-0.25, -0.2) is 0 Å². The minimum atomic E-state index is -0.108. The van der Waals surface area contributed by atoms with E-state index in [9.17, 15) is 9.59 Å². The number of hydrogen-bond donors (Lipinski definition) is 0. The number of benzene rings is 1. The minimum Gasteiger partial charge on any atom is -0.496 e. The van der Waals surface area contributed by atoms with Gasteiger partial charge in [0.25, 0.3) is 0 Å². The van der Waals surface area contributed by atoms with Gasteiger partial charge < -0.3 is 14.5 Å². The molecule has 5 nitrogen and oxygen atoms in total. The zero-order chi connectivity index (χ0) is 16.1. The van der Waals surface area contributed by atoms with Gasteiger partial charge in [-0.1, -0.05) is 18.2 Å². The fourth-order valence-electron chi connectivity index (χ4n) is 2.74. The second-order valence-electron chi connectivity index (χ2n) is 5.69. The average Bonchev–Trinajstić information content (AvgIpc) is 2.55. The highest BCUT2D eigenvalue weighted by molar-refractivity contribution is 5.85. The molecule has 2 rings (SSSR count). The molecule has 1 saturated heterocycles. The molecule has 1 aliphatic heterocycles. The molecule has 5 heteroatoms. The first-order valence-electron chi connectivity index (χ1n) is 7.71. The van der Waals surface area contributed by atoms with Crippen molar-refractivity contribution in [3.8, 4) is 5.75 Å². The maximum atomic E-state index is 12.5. The van der Waals surface area contributed by atoms with Crippen LogP contribution in [0.3, 0.4) is 0 Å². The van der Waals surface area contributed by atoms with Crippen molar-refractivity contribution in [2.75, 3.05) is 27.2 Å². The SMILES string of the molecule is COc1ccccc1C(C)N(C)C(=O)CN1CCCCC1=O. The van der Waals surface area contributed by atoms with E-state index in [0.29, 0.717) is 13.0 Å². The summed E-state index contributed by atoms with van der Waals surface area (Å²) in [5, 5.41) is 0. The summed E-state index contributed by atoms with van der Waals surface area (Å²) in [5.74, 6) is 0.801. The molecule has 0 aliphatic carbocycles. The number of carbonyl (C=O) groups excluding carboxylic acids is 2. The van der Waals surface area contributed by atoms with E-state index in [1.807, 2.05) is 31.2 Å². The van der Waals surface area contributed by atoms with Crippen LogP contribution in [0.15, 0.2) is 24.3 Å². The summed E-state index contributed by atoms with van der Waals surface area (Å²) in [6.45, 7) is 2.81. The number of amides is 2. The number of carbonyl (C=O) groups is 2. The lowest BCUT2D eigenvalue weighted by Crippen LogP contribution is -2.44. The Hall–Kier alpha value is -2.04. The third-order valence-electron chi connectivity index (χ3n) is 4.31. The van der Waals surface area contributed by atoms with Crippen molar-refractivity contribution in [3.63, 3.8) is 0 Å². The number of ether oxygens (including phenoxy) is 1. The predicted octanol–water partition coefficient (Wildman–Crippen LogP) is 2.23. The third-order valence-corrected chi connectivity index (χ3v) is 4.31. The van der Waals surface area contributed by atoms with E-state index in [4.69, 9.17) is 4.74 Å². The zero-order valence-electron chi connectivity index (χ0n) is 13.5. The van der Waals surface area contributed by atoms with Crippen LogP contribution < -0.4 is 4.74 Å². The van der Waals surface area contributed by atoms with Gasteiger partial charge in [-0.15, -0.1) is 0 Å². The van der Waals surface area contributed by atoms with Gasteiger partial charge in [-0.3, -0.25) is 9.59 Å². The van der Waals surface area contributed by atoms with Crippen molar-refractivity contribution in [2.24, 2.45) is 0 Å². The second kappa shape index (κ2) is 7.29. The summed E-state index contributed by atoms with van der Waals surface area (Å²) in [6, 6.07) is 7.57. The largest absolute Gasteiger partial charge is 0.496 e. The first-order valence-corrected chi connectivity index (χ1v) is 7.71. The standard InChI is InChI=1S/C17H24N2O3/c1-13(14-8-4-5-9-15(14)22-3)18(2)17(21)12-19-11-7-6-10-16(19)20/h4-5,8-9,13H,6-7,10-12H2,1-3H3. The number of nitrogens with zero attached hydrogens (tertiary/aromatic N) is 2. The molecule has 0 radical (unpaired) electrons. The average molecular weight is 304 g/mol. The Kier molecular flexibility index (Phi) is 5.41. The summed E-state index contributed by atoms with van der Waals surface area (Å²) >= 11 is 0. The molecule has 120 valence electrons. The highest BCUT2D eigenvalue weighted by Crippen LogP contribution is 2.28. The summed E-state index contributed by atoms with van der Waals surface area (Å²) in [4.78, 5) is 27.6. The van der Waals surface area contributed by atoms with Crippen molar-refractivity contribution in [1.29, 1.82) is 0 Å². The molecule has 0 saturated carbocycles. The van der Waals surface area contributed by atoms with E-state index in [1.165, 1.54) is 0 Å². The highest BCUT2D eigenvalue weighted by Gasteiger charge is 2.25. The zero-order valence-corrected chi connectivity index (χ0v) is 13.5. The lowest BCUT2D eigenvalue weighted by atomic mass is 10.1. The highest BCUT2D eigenvalue weighted by atomic mass is 16.5. The van der Waals surface area contributed by atoms with Crippen LogP contribution >= 0.6 is 0 Å². The molecule has 1 aromatic carbocycles. The van der Waals surface area contributed by atoms with Crippen molar-refractivity contribution in [2.45, 2.75) is 32.2 Å². The van der Waals surface area contributed by atoms with Crippen LogP contribution in [0.4, 0.5) is 0 Å². The van der Waals surface area contributed by atoms with Gasteiger partial charge in [0.05, 0.1) is 19.7 Å². The van der Waals surface area contributed by atoms with Gasteiger partial charge in [0.15, 0.2) is 0 Å². The van der Waals surface area contributed by atoms with E-state index in [2.05, 4.69) is 0 Å². The number of likely N-dealkylation sites (tertiary alicyclic amines) is 1. The molecule has 2 amide bonds. The van der Waals surface area contributed by atoms with Crippen LogP contribution in [0.5, 0.6) is 5.75 Å². The molecule has 1 atom stereocenters. The van der Waals surface area contributed by atoms with Crippen molar-refractivity contribution >= 4 is 11.8 Å². The first-order chi connectivity index (χ1) is 10.5. The smallest absolute Gasteiger partial charge is 0.242 e. The van der Waals surface area contributed by atoms with Gasteiger partial charge in [0.1, 0.15) is 5.75 Å². The van der Waals surface area contributed by atoms with E-state index < -0.39 is 0 Å². The maximum Gasteiger partial charge on any atom is 0.242 e. The van der Waals surface area contributed by atoms with Crippen LogP contribution in [0.1, 0.15) is 37.8 Å². The van der Waals surface area contributed by atoms with Crippen molar-refractivity contribution in [1.82, 2.24) is 9.80 Å². The van der Waals surface area contributed by atoms with Gasteiger partial charge in [-0.2, -0.15) is 0 Å². The molecule has 1 fully saturated rings. The Bertz CT molecular complexity index is 544. The Morgan fingerprint density at radius 1 is 1.36 bits per heavy atom. The Balaban J connectivity index is 2.04. The van der Waals surface area contributed by atoms with Crippen LogP contribution in [0.2, 0.25) is 0 Å². The summed E-state index contributed by atoms with van der Waals surface area (Å²) in [5.41, 5.74) is 0.964. The van der Waals surface area contributed by atoms with Crippen LogP contribution in [0.25, 0.3) is 0 Å². The number of hydrogen-bond acceptors (Lipinski definition) is 3. The molecule has 1 aromatic rings. The lowest BCUT2D eigenvalue weighted by molar-refractivity contribution is -0.142. The van der Waals surface area contributed by atoms with Crippen molar-refractivity contribution in [3.05, 3.63) is 29.8 Å². The van der Waals surface area contributed by atoms with Crippen LogP contribution in [-0.4, -0.2) is 48.9 Å². The first kappa shape index (κ1) is 16.3. The van der Waals surface area contributed by atoms with Crippen LogP contribution in [0, 0.1) is 0 Å². The number of methoxy groups -OCH3 is 1. The normalized spacial score (nSPS) is 16.3. The minimum absolute atomic E-state index is 0.0475. The van der Waals surface area contributed by atoms with Crippen molar-refractivity contribution < 1.29 is 14.3 Å². The maximum absolute atomic E-state index is 12.5. The fourth-order valence-corrected chi connectivity index (χ4v) is 2.74. The van der Waals surface area contributed by atoms with E-state index in [1.54, 1.807) is 24.0 Å². The summed E-state index contributed by atoms with van der Waals surface area (Å²) < 4.78 is 5.36. The lowest BCUT2D eigenvalue weighted by Gasteiger charge is -2.31. The van der Waals surface area contributed by atoms with E-state index in [-0.39, 0.29) is 24.4 Å². The number of likely N-dealkylation sites (N-methyl/N-ethyl adjacent to an activating group) is 1. The molecule has 0 aromatic heterocycles. The van der Waals surface area contributed by atoms with Gasteiger partial charge in [-0.05, 0) is 25.8 Å². The summed E-state index contributed by atoms with van der Waals surface area (Å²) in [6.07, 6.45) is 2.46. The van der Waals surface area contributed by atoms with Crippen LogP contribution in [-0.2, 0) is 9.59 Å². The van der Waals surface area contributed by atoms with E-state index >= 15 is 0 Å². The molecule has 0 spiro atoms.